The van der Waals surface area contributed by atoms with Gasteiger partial charge in [-0.1, -0.05) is 91.0 Å². The Morgan fingerprint density at radius 1 is 0.417 bits per heavy atom. The summed E-state index contributed by atoms with van der Waals surface area (Å²) in [6, 6.07) is 30.2. The average Bonchev–Trinajstić information content (AvgIpc) is 4.10. The molecule has 0 radical (unpaired) electrons. The normalized spacial score (nSPS) is 35.1. The molecule has 0 unspecified atom stereocenters. The van der Waals surface area contributed by atoms with E-state index >= 15 is 0 Å². The van der Waals surface area contributed by atoms with E-state index in [0.717, 1.165) is 57.8 Å². The molecule has 3 heterocycles. The lowest BCUT2D eigenvalue weighted by atomic mass is 10.0. The SMILES string of the molecule is O=C1OC[C@@H](Cc2ccccc2)N1[C@]12C[C@H]1CCC2=O.O=C1OC[C@@H](Cc2ccccc2)N1[C@]12C[C@H]1CCC2=O.O=C1OC[C@@H](Cc2ccccc2)N1[C@]12C[C@H]1CCC2=O. The molecule has 0 N–H and O–H groups in total. The van der Waals surface area contributed by atoms with Crippen molar-refractivity contribution in [3.05, 3.63) is 108 Å². The second-order valence-corrected chi connectivity index (χ2v) is 18.2. The van der Waals surface area contributed by atoms with Crippen molar-refractivity contribution in [1.29, 1.82) is 0 Å². The molecule has 3 saturated heterocycles. The number of rotatable bonds is 9. The van der Waals surface area contributed by atoms with Crippen molar-refractivity contribution in [3.8, 4) is 0 Å². The van der Waals surface area contributed by atoms with Gasteiger partial charge in [0.05, 0.1) is 18.1 Å². The Bertz CT molecular complexity index is 1960. The van der Waals surface area contributed by atoms with Crippen molar-refractivity contribution in [2.45, 2.75) is 112 Å². The molecule has 6 saturated carbocycles. The third kappa shape index (κ3) is 6.39. The Hall–Kier alpha value is -5.52. The van der Waals surface area contributed by atoms with Crippen molar-refractivity contribution >= 4 is 35.6 Å². The Morgan fingerprint density at radius 2 is 0.683 bits per heavy atom. The smallest absolute Gasteiger partial charge is 0.411 e. The quantitative estimate of drug-likeness (QED) is 0.221. The van der Waals surface area contributed by atoms with E-state index in [2.05, 4.69) is 36.4 Å². The number of hydrogen-bond acceptors (Lipinski definition) is 9. The number of carbonyl (C=O) groups excluding carboxylic acids is 6. The molecule has 312 valence electrons. The lowest BCUT2D eigenvalue weighted by Gasteiger charge is -2.28. The average molecular weight is 814 g/mol. The second kappa shape index (κ2) is 14.9. The Balaban J connectivity index is 0.000000108. The van der Waals surface area contributed by atoms with E-state index in [1.54, 1.807) is 14.7 Å². The van der Waals surface area contributed by atoms with E-state index in [-0.39, 0.29) is 53.8 Å². The topological polar surface area (TPSA) is 140 Å². The number of Topliss-reactive ketones (excluding diaryl/α,β-unsaturated/α-hetero) is 3. The van der Waals surface area contributed by atoms with Crippen molar-refractivity contribution in [3.63, 3.8) is 0 Å². The maximum atomic E-state index is 12.2. The standard InChI is InChI=1S/3C16H17NO3/c3*18-14-7-6-12-9-16(12,14)17-13(10-20-15(17)19)8-11-4-2-1-3-5-11/h3*1-5,12-13H,6-10H2/t3*12-,13-,16-/m111/s1. The summed E-state index contributed by atoms with van der Waals surface area (Å²) in [6.45, 7) is 1.19. The molecule has 60 heavy (non-hydrogen) atoms. The van der Waals surface area contributed by atoms with Crippen LogP contribution in [0.4, 0.5) is 14.4 Å². The first kappa shape index (κ1) is 38.7. The molecule has 12 nitrogen and oxygen atoms in total. The molecule has 9 fully saturated rings. The van der Waals surface area contributed by atoms with Crippen LogP contribution >= 0.6 is 0 Å². The van der Waals surface area contributed by atoms with E-state index in [1.165, 1.54) is 16.7 Å². The number of ketones is 3. The molecule has 9 aliphatic rings. The predicted molar refractivity (Wildman–Crippen MR) is 217 cm³/mol. The molecule has 3 amide bonds. The zero-order valence-corrected chi connectivity index (χ0v) is 33.7. The van der Waals surface area contributed by atoms with Crippen LogP contribution in [-0.2, 0) is 47.9 Å². The van der Waals surface area contributed by atoms with Gasteiger partial charge in [0.1, 0.15) is 36.4 Å². The fourth-order valence-corrected chi connectivity index (χ4v) is 11.8. The number of amides is 3. The fourth-order valence-electron chi connectivity index (χ4n) is 11.8. The summed E-state index contributed by atoms with van der Waals surface area (Å²) in [5.41, 5.74) is 2.02. The molecule has 3 aromatic rings. The summed E-state index contributed by atoms with van der Waals surface area (Å²) in [5.74, 6) is 1.83. The number of ether oxygens (including phenoxy) is 3. The number of fused-ring (bicyclic) bond motifs is 3. The van der Waals surface area contributed by atoms with Crippen LogP contribution in [0.3, 0.4) is 0 Å². The Kier molecular flexibility index (Phi) is 9.59. The molecule has 12 heteroatoms. The van der Waals surface area contributed by atoms with Crippen LogP contribution in [0.25, 0.3) is 0 Å². The van der Waals surface area contributed by atoms with Gasteiger partial charge in [-0.2, -0.15) is 0 Å². The highest BCUT2D eigenvalue weighted by molar-refractivity contribution is 5.99. The van der Waals surface area contributed by atoms with Gasteiger partial charge < -0.3 is 14.2 Å². The van der Waals surface area contributed by atoms with Crippen LogP contribution in [0.5, 0.6) is 0 Å². The molecule has 9 atom stereocenters. The largest absolute Gasteiger partial charge is 0.447 e. The van der Waals surface area contributed by atoms with Gasteiger partial charge in [-0.05, 0) is 92.2 Å². The monoisotopic (exact) mass is 813 g/mol. The number of benzene rings is 3. The molecule has 0 spiro atoms. The van der Waals surface area contributed by atoms with Crippen molar-refractivity contribution in [2.24, 2.45) is 17.8 Å². The second-order valence-electron chi connectivity index (χ2n) is 18.2. The summed E-state index contributed by atoms with van der Waals surface area (Å²) >= 11 is 0. The van der Waals surface area contributed by atoms with E-state index in [1.807, 2.05) is 54.6 Å². The molecule has 0 aromatic heterocycles. The number of nitrogens with zero attached hydrogens (tertiary/aromatic N) is 3. The van der Waals surface area contributed by atoms with Gasteiger partial charge in [0.2, 0.25) is 0 Å². The van der Waals surface area contributed by atoms with Gasteiger partial charge in [0, 0.05) is 19.3 Å². The highest BCUT2D eigenvalue weighted by Gasteiger charge is 2.72. The van der Waals surface area contributed by atoms with E-state index in [0.29, 0.717) is 56.8 Å². The first-order valence-electron chi connectivity index (χ1n) is 21.7. The van der Waals surface area contributed by atoms with Crippen molar-refractivity contribution in [1.82, 2.24) is 14.7 Å². The molecule has 12 rings (SSSR count). The molecular formula is C48H51N3O9. The maximum absolute atomic E-state index is 12.2. The number of cyclic esters (lactones) is 3. The summed E-state index contributed by atoms with van der Waals surface area (Å²) in [4.78, 5) is 78.2. The maximum Gasteiger partial charge on any atom is 0.411 e. The summed E-state index contributed by atoms with van der Waals surface area (Å²) in [5, 5.41) is 0. The molecule has 0 bridgehead atoms. The van der Waals surface area contributed by atoms with Crippen LogP contribution in [0.1, 0.15) is 74.5 Å². The lowest BCUT2D eigenvalue weighted by Crippen LogP contribution is -2.49. The van der Waals surface area contributed by atoms with Gasteiger partial charge in [-0.3, -0.25) is 29.1 Å². The van der Waals surface area contributed by atoms with Gasteiger partial charge in [0.25, 0.3) is 0 Å². The van der Waals surface area contributed by atoms with Gasteiger partial charge in [-0.25, -0.2) is 14.4 Å². The Labute approximate surface area is 349 Å². The zero-order chi connectivity index (χ0) is 41.2. The Morgan fingerprint density at radius 3 is 0.900 bits per heavy atom. The predicted octanol–water partition coefficient (Wildman–Crippen LogP) is 6.51. The summed E-state index contributed by atoms with van der Waals surface area (Å²) < 4.78 is 15.7. The molecule has 3 aliphatic heterocycles. The third-order valence-corrected chi connectivity index (χ3v) is 14.9. The lowest BCUT2D eigenvalue weighted by molar-refractivity contribution is -0.124. The summed E-state index contributed by atoms with van der Waals surface area (Å²) in [6.07, 6.45) is 8.53. The van der Waals surface area contributed by atoms with Crippen LogP contribution in [-0.4, -0.2) is 105 Å². The van der Waals surface area contributed by atoms with E-state index < -0.39 is 16.6 Å². The number of carbonyl (C=O) groups is 6. The first-order chi connectivity index (χ1) is 29.1. The number of hydrogen-bond donors (Lipinski definition) is 0. The minimum absolute atomic E-state index is 0.00282. The van der Waals surface area contributed by atoms with Crippen LogP contribution in [0.15, 0.2) is 91.0 Å². The third-order valence-electron chi connectivity index (χ3n) is 14.9. The molecule has 3 aromatic carbocycles. The van der Waals surface area contributed by atoms with Gasteiger partial charge >= 0.3 is 18.3 Å². The van der Waals surface area contributed by atoms with Gasteiger partial charge in [-0.15, -0.1) is 0 Å². The van der Waals surface area contributed by atoms with Crippen LogP contribution < -0.4 is 0 Å². The zero-order valence-electron chi connectivity index (χ0n) is 33.7. The molecular weight excluding hydrogens is 763 g/mol. The minimum atomic E-state index is -0.507. The van der Waals surface area contributed by atoms with Gasteiger partial charge in [0.15, 0.2) is 17.3 Å². The highest BCUT2D eigenvalue weighted by Crippen LogP contribution is 2.61. The minimum Gasteiger partial charge on any atom is -0.447 e. The van der Waals surface area contributed by atoms with E-state index in [9.17, 15) is 28.8 Å². The van der Waals surface area contributed by atoms with Crippen molar-refractivity contribution < 1.29 is 43.0 Å². The van der Waals surface area contributed by atoms with Crippen LogP contribution in [0, 0.1) is 17.8 Å². The highest BCUT2D eigenvalue weighted by atomic mass is 16.6. The van der Waals surface area contributed by atoms with E-state index in [4.69, 9.17) is 14.2 Å². The fraction of sp³-hybridized carbons (Fsp3) is 0.500. The van der Waals surface area contributed by atoms with Crippen LogP contribution in [0.2, 0.25) is 0 Å². The molecule has 6 aliphatic carbocycles. The summed E-state index contributed by atoms with van der Waals surface area (Å²) in [7, 11) is 0. The first-order valence-corrected chi connectivity index (χ1v) is 21.7. The van der Waals surface area contributed by atoms with Crippen molar-refractivity contribution in [2.75, 3.05) is 19.8 Å².